The third-order valence-corrected chi connectivity index (χ3v) is 5.95. The van der Waals surface area contributed by atoms with E-state index in [-0.39, 0.29) is 6.04 Å². The highest BCUT2D eigenvalue weighted by Crippen LogP contribution is 2.19. The summed E-state index contributed by atoms with van der Waals surface area (Å²) in [6, 6.07) is 0.00461. The summed E-state index contributed by atoms with van der Waals surface area (Å²) in [6.45, 7) is 8.51. The lowest BCUT2D eigenvalue weighted by Gasteiger charge is -2.32. The zero-order valence-electron chi connectivity index (χ0n) is 13.4. The van der Waals surface area contributed by atoms with Crippen molar-refractivity contribution in [2.24, 2.45) is 11.8 Å². The Labute approximate surface area is 124 Å². The first-order chi connectivity index (χ1) is 9.39. The van der Waals surface area contributed by atoms with E-state index in [0.717, 1.165) is 32.2 Å². The van der Waals surface area contributed by atoms with Crippen molar-refractivity contribution in [2.75, 3.05) is 26.7 Å². The number of nitrogens with one attached hydrogen (secondary N) is 2. The summed E-state index contributed by atoms with van der Waals surface area (Å²) in [7, 11) is -1.37. The molecule has 1 saturated heterocycles. The van der Waals surface area contributed by atoms with Crippen LogP contribution in [0, 0.1) is 11.8 Å². The Balaban J connectivity index is 2.45. The smallest absolute Gasteiger partial charge is 0.279 e. The van der Waals surface area contributed by atoms with Crippen LogP contribution in [-0.2, 0) is 10.2 Å². The van der Waals surface area contributed by atoms with Crippen LogP contribution in [0.3, 0.4) is 0 Å². The highest BCUT2D eigenvalue weighted by molar-refractivity contribution is 7.87. The van der Waals surface area contributed by atoms with Gasteiger partial charge in [0.1, 0.15) is 0 Å². The van der Waals surface area contributed by atoms with E-state index in [2.05, 4.69) is 23.9 Å². The zero-order valence-corrected chi connectivity index (χ0v) is 14.2. The average Bonchev–Trinajstić information content (AvgIpc) is 2.38. The van der Waals surface area contributed by atoms with Gasteiger partial charge in [-0.05, 0) is 51.6 Å². The molecule has 0 aromatic carbocycles. The number of rotatable bonds is 8. The van der Waals surface area contributed by atoms with Crippen molar-refractivity contribution in [2.45, 2.75) is 52.5 Å². The fourth-order valence-corrected chi connectivity index (χ4v) is 4.23. The summed E-state index contributed by atoms with van der Waals surface area (Å²) in [5.74, 6) is 1.15. The van der Waals surface area contributed by atoms with Gasteiger partial charge in [0.2, 0.25) is 0 Å². The lowest BCUT2D eigenvalue weighted by molar-refractivity contribution is 0.266. The molecule has 0 spiro atoms. The average molecular weight is 305 g/mol. The number of hydrogen-bond acceptors (Lipinski definition) is 3. The van der Waals surface area contributed by atoms with Crippen LogP contribution in [0.4, 0.5) is 0 Å². The van der Waals surface area contributed by atoms with Crippen molar-refractivity contribution in [1.82, 2.24) is 14.3 Å². The molecule has 1 fully saturated rings. The number of nitrogens with zero attached hydrogens (tertiary/aromatic N) is 1. The molecule has 0 aromatic rings. The summed E-state index contributed by atoms with van der Waals surface area (Å²) in [5.41, 5.74) is 0. The van der Waals surface area contributed by atoms with Crippen molar-refractivity contribution in [3.8, 4) is 0 Å². The molecule has 0 bridgehead atoms. The van der Waals surface area contributed by atoms with Crippen LogP contribution in [-0.4, -0.2) is 45.4 Å². The Hall–Kier alpha value is -0.170. The SMILES string of the molecule is CCC(C)CC(C)NS(=O)(=O)N1CCC(CNC)CC1. The predicted molar refractivity (Wildman–Crippen MR) is 83.8 cm³/mol. The molecule has 1 rings (SSSR count). The van der Waals surface area contributed by atoms with Crippen molar-refractivity contribution < 1.29 is 8.42 Å². The molecular weight excluding hydrogens is 274 g/mol. The summed E-state index contributed by atoms with van der Waals surface area (Å²) in [5, 5.41) is 3.17. The van der Waals surface area contributed by atoms with Crippen LogP contribution in [0.25, 0.3) is 0 Å². The maximum atomic E-state index is 12.3. The van der Waals surface area contributed by atoms with Gasteiger partial charge in [-0.15, -0.1) is 0 Å². The van der Waals surface area contributed by atoms with Crippen LogP contribution < -0.4 is 10.0 Å². The molecule has 6 heteroatoms. The molecule has 1 aliphatic rings. The second-order valence-corrected chi connectivity index (χ2v) is 7.88. The number of piperidine rings is 1. The molecule has 120 valence electrons. The summed E-state index contributed by atoms with van der Waals surface area (Å²) in [4.78, 5) is 0. The maximum Gasteiger partial charge on any atom is 0.279 e. The minimum Gasteiger partial charge on any atom is -0.319 e. The molecule has 0 aromatic heterocycles. The molecule has 2 atom stereocenters. The first-order valence-corrected chi connectivity index (χ1v) is 9.25. The Morgan fingerprint density at radius 3 is 2.35 bits per heavy atom. The Kier molecular flexibility index (Phi) is 7.43. The molecular formula is C14H31N3O2S. The minimum atomic E-state index is -3.31. The first-order valence-electron chi connectivity index (χ1n) is 7.81. The monoisotopic (exact) mass is 305 g/mol. The Bertz CT molecular complexity index is 365. The van der Waals surface area contributed by atoms with Gasteiger partial charge in [-0.2, -0.15) is 17.4 Å². The van der Waals surface area contributed by atoms with Gasteiger partial charge in [-0.1, -0.05) is 20.3 Å². The van der Waals surface area contributed by atoms with E-state index in [1.54, 1.807) is 4.31 Å². The molecule has 20 heavy (non-hydrogen) atoms. The van der Waals surface area contributed by atoms with Crippen molar-refractivity contribution >= 4 is 10.2 Å². The molecule has 0 aliphatic carbocycles. The highest BCUT2D eigenvalue weighted by atomic mass is 32.2. The van der Waals surface area contributed by atoms with E-state index in [4.69, 9.17) is 0 Å². The van der Waals surface area contributed by atoms with Gasteiger partial charge in [-0.3, -0.25) is 0 Å². The quantitative estimate of drug-likeness (QED) is 0.716. The van der Waals surface area contributed by atoms with Crippen molar-refractivity contribution in [3.63, 3.8) is 0 Å². The van der Waals surface area contributed by atoms with E-state index in [9.17, 15) is 8.42 Å². The summed E-state index contributed by atoms with van der Waals surface area (Å²) in [6.07, 6.45) is 3.87. The normalized spacial score (nSPS) is 21.8. The minimum absolute atomic E-state index is 0.00461. The van der Waals surface area contributed by atoms with Gasteiger partial charge in [0.15, 0.2) is 0 Å². The molecule has 1 aliphatic heterocycles. The standard InChI is InChI=1S/C14H31N3O2S/c1-5-12(2)10-13(3)16-20(18,19)17-8-6-14(7-9-17)11-15-4/h12-16H,5-11H2,1-4H3. The second kappa shape index (κ2) is 8.32. The highest BCUT2D eigenvalue weighted by Gasteiger charge is 2.28. The van der Waals surface area contributed by atoms with Crippen LogP contribution in [0.15, 0.2) is 0 Å². The largest absolute Gasteiger partial charge is 0.319 e. The van der Waals surface area contributed by atoms with Crippen LogP contribution in [0.2, 0.25) is 0 Å². The third kappa shape index (κ3) is 5.68. The molecule has 1 heterocycles. The number of hydrogen-bond donors (Lipinski definition) is 2. The van der Waals surface area contributed by atoms with E-state index in [0.29, 0.717) is 24.9 Å². The fraction of sp³-hybridized carbons (Fsp3) is 1.00. The van der Waals surface area contributed by atoms with Crippen LogP contribution in [0.1, 0.15) is 46.5 Å². The maximum absolute atomic E-state index is 12.3. The predicted octanol–water partition coefficient (Wildman–Crippen LogP) is 1.58. The van der Waals surface area contributed by atoms with Crippen molar-refractivity contribution in [1.29, 1.82) is 0 Å². The lowest BCUT2D eigenvalue weighted by atomic mass is 9.98. The van der Waals surface area contributed by atoms with E-state index < -0.39 is 10.2 Å². The van der Waals surface area contributed by atoms with Gasteiger partial charge < -0.3 is 5.32 Å². The molecule has 0 saturated carbocycles. The Morgan fingerprint density at radius 1 is 1.25 bits per heavy atom. The molecule has 5 nitrogen and oxygen atoms in total. The van der Waals surface area contributed by atoms with Gasteiger partial charge in [0.25, 0.3) is 10.2 Å². The zero-order chi connectivity index (χ0) is 15.2. The van der Waals surface area contributed by atoms with E-state index >= 15 is 0 Å². The van der Waals surface area contributed by atoms with Gasteiger partial charge >= 0.3 is 0 Å². The molecule has 0 radical (unpaired) electrons. The molecule has 2 unspecified atom stereocenters. The van der Waals surface area contributed by atoms with E-state index in [1.807, 2.05) is 14.0 Å². The lowest BCUT2D eigenvalue weighted by Crippen LogP contribution is -2.48. The van der Waals surface area contributed by atoms with E-state index in [1.165, 1.54) is 0 Å². The fourth-order valence-electron chi connectivity index (χ4n) is 2.79. The van der Waals surface area contributed by atoms with Gasteiger partial charge in [-0.25, -0.2) is 0 Å². The first kappa shape index (κ1) is 17.9. The second-order valence-electron chi connectivity index (χ2n) is 6.17. The van der Waals surface area contributed by atoms with Gasteiger partial charge in [0, 0.05) is 19.1 Å². The van der Waals surface area contributed by atoms with Gasteiger partial charge in [0.05, 0.1) is 0 Å². The Morgan fingerprint density at radius 2 is 1.85 bits per heavy atom. The summed E-state index contributed by atoms with van der Waals surface area (Å²) >= 11 is 0. The molecule has 2 N–H and O–H groups in total. The third-order valence-electron chi connectivity index (χ3n) is 4.21. The van der Waals surface area contributed by atoms with Crippen molar-refractivity contribution in [3.05, 3.63) is 0 Å². The van der Waals surface area contributed by atoms with Crippen LogP contribution >= 0.6 is 0 Å². The topological polar surface area (TPSA) is 61.4 Å². The van der Waals surface area contributed by atoms with Crippen LogP contribution in [0.5, 0.6) is 0 Å². The molecule has 0 amide bonds. The summed E-state index contributed by atoms with van der Waals surface area (Å²) < 4.78 is 29.1.